The number of hydrogen-bond donors (Lipinski definition) is 1. The third kappa shape index (κ3) is 7.46. The van der Waals surface area contributed by atoms with Gasteiger partial charge in [0.15, 0.2) is 5.96 Å². The molecule has 2 aliphatic rings. The maximum atomic E-state index is 12.6. The smallest absolute Gasteiger partial charge is 0.378 e. The zero-order chi connectivity index (χ0) is 20.6. The summed E-state index contributed by atoms with van der Waals surface area (Å²) < 4.78 is 42.5. The molecule has 0 radical (unpaired) electrons. The zero-order valence-electron chi connectivity index (χ0n) is 16.8. The molecule has 162 valence electrons. The molecule has 2 fully saturated rings. The second kappa shape index (κ2) is 10.8. The van der Waals surface area contributed by atoms with Gasteiger partial charge in [0.1, 0.15) is 0 Å². The van der Waals surface area contributed by atoms with E-state index in [1.807, 2.05) is 11.8 Å². The van der Waals surface area contributed by atoms with E-state index in [4.69, 9.17) is 4.74 Å². The average molecular weight is 407 g/mol. The number of likely N-dealkylation sites (tertiary alicyclic amines) is 1. The number of guanidine groups is 1. The highest BCUT2D eigenvalue weighted by molar-refractivity contribution is 5.81. The van der Waals surface area contributed by atoms with Crippen LogP contribution in [0.25, 0.3) is 0 Å². The molecule has 2 heterocycles. The van der Waals surface area contributed by atoms with Crippen LogP contribution in [0.2, 0.25) is 0 Å². The highest BCUT2D eigenvalue weighted by Crippen LogP contribution is 2.20. The van der Waals surface area contributed by atoms with Gasteiger partial charge in [0, 0.05) is 45.2 Å². The van der Waals surface area contributed by atoms with Crippen LogP contribution in [0.5, 0.6) is 0 Å². The Bertz CT molecular complexity index is 516. The molecule has 2 rings (SSSR count). The van der Waals surface area contributed by atoms with Gasteiger partial charge in [-0.25, -0.2) is 0 Å². The first-order valence-corrected chi connectivity index (χ1v) is 9.95. The summed E-state index contributed by atoms with van der Waals surface area (Å²) in [6.45, 7) is 6.19. The minimum atomic E-state index is -4.20. The monoisotopic (exact) mass is 407 g/mol. The van der Waals surface area contributed by atoms with Crippen LogP contribution in [0.4, 0.5) is 13.2 Å². The van der Waals surface area contributed by atoms with Crippen LogP contribution in [-0.2, 0) is 9.53 Å². The van der Waals surface area contributed by atoms with Crippen molar-refractivity contribution in [2.75, 3.05) is 72.6 Å². The van der Waals surface area contributed by atoms with Crippen LogP contribution in [0.15, 0.2) is 4.99 Å². The maximum Gasteiger partial charge on any atom is 0.401 e. The highest BCUT2D eigenvalue weighted by Gasteiger charge is 2.31. The molecule has 10 heteroatoms. The summed E-state index contributed by atoms with van der Waals surface area (Å²) in [6, 6.07) is 0. The van der Waals surface area contributed by atoms with E-state index < -0.39 is 12.7 Å². The van der Waals surface area contributed by atoms with Gasteiger partial charge in [-0.05, 0) is 26.8 Å². The lowest BCUT2D eigenvalue weighted by Gasteiger charge is -2.36. The van der Waals surface area contributed by atoms with Gasteiger partial charge in [0.2, 0.25) is 5.91 Å². The van der Waals surface area contributed by atoms with E-state index >= 15 is 0 Å². The lowest BCUT2D eigenvalue weighted by atomic mass is 9.95. The van der Waals surface area contributed by atoms with Gasteiger partial charge < -0.3 is 19.9 Å². The van der Waals surface area contributed by atoms with E-state index in [9.17, 15) is 18.0 Å². The summed E-state index contributed by atoms with van der Waals surface area (Å²) in [6.07, 6.45) is -2.68. The van der Waals surface area contributed by atoms with Crippen molar-refractivity contribution in [3.05, 3.63) is 0 Å². The van der Waals surface area contributed by atoms with E-state index in [-0.39, 0.29) is 18.4 Å². The first-order chi connectivity index (χ1) is 13.3. The first-order valence-electron chi connectivity index (χ1n) is 9.95. The van der Waals surface area contributed by atoms with Crippen molar-refractivity contribution < 1.29 is 22.7 Å². The van der Waals surface area contributed by atoms with Crippen molar-refractivity contribution in [3.8, 4) is 0 Å². The van der Waals surface area contributed by atoms with Gasteiger partial charge in [-0.1, -0.05) is 0 Å². The molecule has 7 nitrogen and oxygen atoms in total. The number of likely N-dealkylation sites (N-methyl/N-ethyl adjacent to an activating group) is 1. The van der Waals surface area contributed by atoms with Gasteiger partial charge in [-0.3, -0.25) is 14.7 Å². The first kappa shape index (κ1) is 22.7. The number of nitrogens with zero attached hydrogens (tertiary/aromatic N) is 4. The van der Waals surface area contributed by atoms with E-state index in [1.165, 1.54) is 11.9 Å². The number of morpholine rings is 1. The molecular weight excluding hydrogens is 375 g/mol. The summed E-state index contributed by atoms with van der Waals surface area (Å²) in [5.41, 5.74) is 0. The molecule has 1 amide bonds. The lowest BCUT2D eigenvalue weighted by molar-refractivity contribution is -0.143. The number of ether oxygens (including phenoxy) is 1. The fraction of sp³-hybridized carbons (Fsp3) is 0.889. The van der Waals surface area contributed by atoms with Gasteiger partial charge in [-0.2, -0.15) is 13.2 Å². The Morgan fingerprint density at radius 3 is 2.39 bits per heavy atom. The summed E-state index contributed by atoms with van der Waals surface area (Å²) in [7, 11) is 1.44. The number of alkyl halides is 3. The number of piperidine rings is 1. The van der Waals surface area contributed by atoms with Crippen LogP contribution in [-0.4, -0.2) is 105 Å². The summed E-state index contributed by atoms with van der Waals surface area (Å²) in [5.74, 6) is 0.939. The van der Waals surface area contributed by atoms with Crippen LogP contribution in [0.3, 0.4) is 0 Å². The minimum Gasteiger partial charge on any atom is -0.378 e. The van der Waals surface area contributed by atoms with Gasteiger partial charge in [-0.15, -0.1) is 0 Å². The van der Waals surface area contributed by atoms with E-state index in [2.05, 4.69) is 15.2 Å². The van der Waals surface area contributed by atoms with Crippen molar-refractivity contribution in [2.24, 2.45) is 10.9 Å². The standard InChI is InChI=1S/C18H32F3N5O2/c1-3-22-17(23-6-9-24(2)14-18(19,20)21)26-7-4-15(5-8-26)16(27)25-10-12-28-13-11-25/h15H,3-14H2,1-2H3,(H,22,23). The average Bonchev–Trinajstić information content (AvgIpc) is 2.66. The van der Waals surface area contributed by atoms with E-state index in [1.54, 1.807) is 0 Å². The molecule has 0 atom stereocenters. The van der Waals surface area contributed by atoms with Crippen molar-refractivity contribution >= 4 is 11.9 Å². The SMILES string of the molecule is CCNC(=NCCN(C)CC(F)(F)F)N1CCC(C(=O)N2CCOCC2)CC1. The predicted octanol–water partition coefficient (Wildman–Crippen LogP) is 1.02. The van der Waals surface area contributed by atoms with Crippen molar-refractivity contribution in [2.45, 2.75) is 25.9 Å². The van der Waals surface area contributed by atoms with Crippen molar-refractivity contribution in [1.29, 1.82) is 0 Å². The van der Waals surface area contributed by atoms with Crippen LogP contribution in [0.1, 0.15) is 19.8 Å². The molecule has 0 unspecified atom stereocenters. The number of carbonyl (C=O) groups is 1. The molecule has 0 aromatic carbocycles. The second-order valence-corrected chi connectivity index (χ2v) is 7.29. The fourth-order valence-corrected chi connectivity index (χ4v) is 3.52. The zero-order valence-corrected chi connectivity index (χ0v) is 16.8. The molecule has 0 spiro atoms. The van der Waals surface area contributed by atoms with E-state index in [0.29, 0.717) is 58.4 Å². The maximum absolute atomic E-state index is 12.6. The second-order valence-electron chi connectivity index (χ2n) is 7.29. The number of amides is 1. The Morgan fingerprint density at radius 1 is 1.18 bits per heavy atom. The molecule has 0 saturated carbocycles. The molecule has 0 aliphatic carbocycles. The fourth-order valence-electron chi connectivity index (χ4n) is 3.52. The van der Waals surface area contributed by atoms with Crippen molar-refractivity contribution in [1.82, 2.24) is 20.0 Å². The van der Waals surface area contributed by atoms with Crippen molar-refractivity contribution in [3.63, 3.8) is 0 Å². The predicted molar refractivity (Wildman–Crippen MR) is 101 cm³/mol. The largest absolute Gasteiger partial charge is 0.401 e. The normalized spacial score (nSPS) is 20.0. The molecule has 28 heavy (non-hydrogen) atoms. The highest BCUT2D eigenvalue weighted by atomic mass is 19.4. The molecule has 1 N–H and O–H groups in total. The number of nitrogens with one attached hydrogen (secondary N) is 1. The Balaban J connectivity index is 1.81. The molecule has 2 aliphatic heterocycles. The van der Waals surface area contributed by atoms with E-state index in [0.717, 1.165) is 12.8 Å². The molecule has 0 aromatic heterocycles. The van der Waals surface area contributed by atoms with Crippen LogP contribution in [0, 0.1) is 5.92 Å². The quantitative estimate of drug-likeness (QED) is 0.526. The molecular formula is C18H32F3N5O2. The number of halogens is 3. The minimum absolute atomic E-state index is 0.0233. The van der Waals surface area contributed by atoms with Gasteiger partial charge in [0.05, 0.1) is 26.3 Å². The number of hydrogen-bond acceptors (Lipinski definition) is 4. The van der Waals surface area contributed by atoms with Crippen LogP contribution >= 0.6 is 0 Å². The lowest BCUT2D eigenvalue weighted by Crippen LogP contribution is -2.50. The number of aliphatic imine (C=N–C) groups is 1. The third-order valence-corrected chi connectivity index (χ3v) is 4.99. The van der Waals surface area contributed by atoms with Crippen LogP contribution < -0.4 is 5.32 Å². The Morgan fingerprint density at radius 2 is 1.82 bits per heavy atom. The summed E-state index contributed by atoms with van der Waals surface area (Å²) in [5, 5.41) is 3.21. The third-order valence-electron chi connectivity index (χ3n) is 4.99. The van der Waals surface area contributed by atoms with Gasteiger partial charge >= 0.3 is 6.18 Å². The number of rotatable bonds is 6. The Kier molecular flexibility index (Phi) is 8.81. The topological polar surface area (TPSA) is 60.4 Å². The number of carbonyl (C=O) groups excluding carboxylic acids is 1. The molecule has 2 saturated heterocycles. The molecule has 0 bridgehead atoms. The summed E-state index contributed by atoms with van der Waals surface area (Å²) >= 11 is 0. The Hall–Kier alpha value is -1.55. The van der Waals surface area contributed by atoms with Gasteiger partial charge in [0.25, 0.3) is 0 Å². The Labute approximate surface area is 164 Å². The molecule has 0 aromatic rings. The summed E-state index contributed by atoms with van der Waals surface area (Å²) in [4.78, 5) is 22.3.